The molecule has 0 aliphatic carbocycles. The highest BCUT2D eigenvalue weighted by molar-refractivity contribution is 9.10. The van der Waals surface area contributed by atoms with Crippen molar-refractivity contribution in [2.75, 3.05) is 5.32 Å². The third-order valence-electron chi connectivity index (χ3n) is 2.32. The van der Waals surface area contributed by atoms with Gasteiger partial charge in [0.1, 0.15) is 0 Å². The molecule has 0 unspecified atom stereocenters. The topological polar surface area (TPSA) is 46.9 Å². The minimum atomic E-state index is -0.167. The minimum absolute atomic E-state index is 0.167. The van der Waals surface area contributed by atoms with Gasteiger partial charge in [-0.05, 0) is 35.0 Å². The van der Waals surface area contributed by atoms with Crippen LogP contribution in [-0.4, -0.2) is 15.7 Å². The summed E-state index contributed by atoms with van der Waals surface area (Å²) in [4.78, 5) is 12.0. The Morgan fingerprint density at radius 3 is 2.82 bits per heavy atom. The average molecular weight is 294 g/mol. The summed E-state index contributed by atoms with van der Waals surface area (Å²) in [6.07, 6.45) is 1.78. The zero-order chi connectivity index (χ0) is 12.4. The Morgan fingerprint density at radius 2 is 2.18 bits per heavy atom. The third-order valence-corrected chi connectivity index (χ3v) is 3.01. The molecule has 5 heteroatoms. The second kappa shape index (κ2) is 4.71. The van der Waals surface area contributed by atoms with Crippen LogP contribution in [0.2, 0.25) is 0 Å². The van der Waals surface area contributed by atoms with Crippen molar-refractivity contribution in [1.29, 1.82) is 0 Å². The lowest BCUT2D eigenvalue weighted by molar-refractivity contribution is 0.102. The minimum Gasteiger partial charge on any atom is -0.305 e. The molecule has 1 amide bonds. The zero-order valence-electron chi connectivity index (χ0n) is 9.57. The van der Waals surface area contributed by atoms with Crippen molar-refractivity contribution in [3.8, 4) is 0 Å². The molecule has 0 aliphatic rings. The molecule has 0 fully saturated rings. The fraction of sp³-hybridized carbons (Fsp3) is 0.167. The van der Waals surface area contributed by atoms with Gasteiger partial charge in [0, 0.05) is 23.8 Å². The molecule has 2 aromatic rings. The summed E-state index contributed by atoms with van der Waals surface area (Å²) in [5, 5.41) is 6.84. The largest absolute Gasteiger partial charge is 0.305 e. The van der Waals surface area contributed by atoms with Crippen LogP contribution in [0, 0.1) is 6.92 Å². The molecule has 0 radical (unpaired) electrons. The van der Waals surface area contributed by atoms with E-state index in [2.05, 4.69) is 26.3 Å². The standard InChI is InChI=1S/C12H12BrN3O/c1-8-3-4-10(13)9(7-8)12(17)14-11-5-6-16(2)15-11/h3-7H,1-2H3,(H,14,15,17). The first-order valence-corrected chi connectivity index (χ1v) is 5.93. The highest BCUT2D eigenvalue weighted by Gasteiger charge is 2.11. The molecule has 0 atom stereocenters. The van der Waals surface area contributed by atoms with Gasteiger partial charge in [0.15, 0.2) is 5.82 Å². The molecular weight excluding hydrogens is 282 g/mol. The summed E-state index contributed by atoms with van der Waals surface area (Å²) in [5.41, 5.74) is 1.65. The van der Waals surface area contributed by atoms with E-state index in [1.807, 2.05) is 25.1 Å². The summed E-state index contributed by atoms with van der Waals surface area (Å²) in [6.45, 7) is 1.95. The van der Waals surface area contributed by atoms with Gasteiger partial charge >= 0.3 is 0 Å². The molecule has 17 heavy (non-hydrogen) atoms. The molecule has 4 nitrogen and oxygen atoms in total. The summed E-state index contributed by atoms with van der Waals surface area (Å²) in [6, 6.07) is 7.40. The molecule has 0 aliphatic heterocycles. The number of nitrogens with zero attached hydrogens (tertiary/aromatic N) is 2. The number of anilines is 1. The molecule has 1 heterocycles. The molecule has 1 aromatic carbocycles. The molecule has 0 spiro atoms. The van der Waals surface area contributed by atoms with Crippen LogP contribution < -0.4 is 5.32 Å². The van der Waals surface area contributed by atoms with E-state index in [9.17, 15) is 4.79 Å². The summed E-state index contributed by atoms with van der Waals surface area (Å²) < 4.78 is 2.41. The van der Waals surface area contributed by atoms with Gasteiger partial charge in [-0.3, -0.25) is 9.48 Å². The predicted octanol–water partition coefficient (Wildman–Crippen LogP) is 2.74. The van der Waals surface area contributed by atoms with Crippen LogP contribution in [0.3, 0.4) is 0 Å². The third kappa shape index (κ3) is 2.74. The monoisotopic (exact) mass is 293 g/mol. The Labute approximate surface area is 108 Å². The highest BCUT2D eigenvalue weighted by atomic mass is 79.9. The molecule has 2 rings (SSSR count). The molecule has 1 aromatic heterocycles. The van der Waals surface area contributed by atoms with Crippen LogP contribution in [0.1, 0.15) is 15.9 Å². The van der Waals surface area contributed by atoms with E-state index >= 15 is 0 Å². The van der Waals surface area contributed by atoms with Crippen LogP contribution >= 0.6 is 15.9 Å². The van der Waals surface area contributed by atoms with E-state index in [0.717, 1.165) is 10.0 Å². The van der Waals surface area contributed by atoms with Crippen molar-refractivity contribution in [2.24, 2.45) is 7.05 Å². The van der Waals surface area contributed by atoms with E-state index in [4.69, 9.17) is 0 Å². The normalized spacial score (nSPS) is 10.3. The van der Waals surface area contributed by atoms with Gasteiger partial charge in [-0.15, -0.1) is 0 Å². The van der Waals surface area contributed by atoms with Gasteiger partial charge in [-0.2, -0.15) is 5.10 Å². The first kappa shape index (κ1) is 11.9. The van der Waals surface area contributed by atoms with Gasteiger partial charge < -0.3 is 5.32 Å². The lowest BCUT2D eigenvalue weighted by Crippen LogP contribution is -2.13. The summed E-state index contributed by atoms with van der Waals surface area (Å²) in [7, 11) is 1.80. The van der Waals surface area contributed by atoms with Crippen LogP contribution in [0.4, 0.5) is 5.82 Å². The fourth-order valence-corrected chi connectivity index (χ4v) is 1.91. The number of rotatable bonds is 2. The van der Waals surface area contributed by atoms with Crippen molar-refractivity contribution >= 4 is 27.7 Å². The molecule has 0 saturated heterocycles. The van der Waals surface area contributed by atoms with E-state index in [1.54, 1.807) is 24.0 Å². The van der Waals surface area contributed by atoms with Crippen molar-refractivity contribution in [2.45, 2.75) is 6.92 Å². The number of halogens is 1. The number of carbonyl (C=O) groups is 1. The van der Waals surface area contributed by atoms with Gasteiger partial charge in [0.05, 0.1) is 5.56 Å². The van der Waals surface area contributed by atoms with E-state index in [1.165, 1.54) is 0 Å². The summed E-state index contributed by atoms with van der Waals surface area (Å²) >= 11 is 3.36. The summed E-state index contributed by atoms with van der Waals surface area (Å²) in [5.74, 6) is 0.380. The van der Waals surface area contributed by atoms with Crippen molar-refractivity contribution in [3.05, 3.63) is 46.1 Å². The van der Waals surface area contributed by atoms with Gasteiger partial charge in [-0.25, -0.2) is 0 Å². The molecule has 0 bridgehead atoms. The maximum atomic E-state index is 12.0. The number of carbonyl (C=O) groups excluding carboxylic acids is 1. The van der Waals surface area contributed by atoms with Gasteiger partial charge in [0.2, 0.25) is 0 Å². The Balaban J connectivity index is 2.22. The second-order valence-corrected chi connectivity index (χ2v) is 4.67. The van der Waals surface area contributed by atoms with E-state index in [-0.39, 0.29) is 5.91 Å². The number of benzene rings is 1. The quantitative estimate of drug-likeness (QED) is 0.925. The lowest BCUT2D eigenvalue weighted by atomic mass is 10.1. The molecule has 88 valence electrons. The van der Waals surface area contributed by atoms with Crippen LogP contribution in [0.25, 0.3) is 0 Å². The van der Waals surface area contributed by atoms with Crippen LogP contribution in [0.5, 0.6) is 0 Å². The maximum Gasteiger partial charge on any atom is 0.258 e. The van der Waals surface area contributed by atoms with Gasteiger partial charge in [0.25, 0.3) is 5.91 Å². The Kier molecular flexibility index (Phi) is 3.28. The average Bonchev–Trinajstić information content (AvgIpc) is 2.67. The van der Waals surface area contributed by atoms with Crippen molar-refractivity contribution in [1.82, 2.24) is 9.78 Å². The Bertz CT molecular complexity index is 563. The molecule has 0 saturated carbocycles. The maximum absolute atomic E-state index is 12.0. The number of hydrogen-bond acceptors (Lipinski definition) is 2. The SMILES string of the molecule is Cc1ccc(Br)c(C(=O)Nc2ccn(C)n2)c1. The fourth-order valence-electron chi connectivity index (χ4n) is 1.48. The number of amides is 1. The first-order valence-electron chi connectivity index (χ1n) is 5.13. The number of aryl methyl sites for hydroxylation is 2. The predicted molar refractivity (Wildman–Crippen MR) is 70.0 cm³/mol. The number of hydrogen-bond donors (Lipinski definition) is 1. The van der Waals surface area contributed by atoms with Gasteiger partial charge in [-0.1, -0.05) is 11.6 Å². The first-order chi connectivity index (χ1) is 8.06. The second-order valence-electron chi connectivity index (χ2n) is 3.81. The smallest absolute Gasteiger partial charge is 0.258 e. The van der Waals surface area contributed by atoms with Crippen molar-refractivity contribution in [3.63, 3.8) is 0 Å². The number of aromatic nitrogens is 2. The molecular formula is C12H12BrN3O. The Hall–Kier alpha value is -1.62. The number of nitrogens with one attached hydrogen (secondary N) is 1. The highest BCUT2D eigenvalue weighted by Crippen LogP contribution is 2.19. The zero-order valence-corrected chi connectivity index (χ0v) is 11.2. The van der Waals surface area contributed by atoms with Crippen LogP contribution in [-0.2, 0) is 7.05 Å². The van der Waals surface area contributed by atoms with E-state index in [0.29, 0.717) is 11.4 Å². The lowest BCUT2D eigenvalue weighted by Gasteiger charge is -2.05. The van der Waals surface area contributed by atoms with Crippen LogP contribution in [0.15, 0.2) is 34.9 Å². The van der Waals surface area contributed by atoms with Crippen molar-refractivity contribution < 1.29 is 4.79 Å². The van der Waals surface area contributed by atoms with E-state index < -0.39 is 0 Å². The Morgan fingerprint density at radius 1 is 1.41 bits per heavy atom. The molecule has 1 N–H and O–H groups in total.